The molecule has 0 amide bonds. The quantitative estimate of drug-likeness (QED) is 0.423. The number of carbonyl (C=O) groups excluding carboxylic acids is 1. The number of hydrogen-bond acceptors (Lipinski definition) is 7. The summed E-state index contributed by atoms with van der Waals surface area (Å²) in [7, 11) is 1.24. The van der Waals surface area contributed by atoms with Gasteiger partial charge in [0, 0.05) is 17.3 Å². The number of hydrogen-bond donors (Lipinski definition) is 1. The number of esters is 1. The fourth-order valence-corrected chi connectivity index (χ4v) is 3.65. The predicted molar refractivity (Wildman–Crippen MR) is 135 cm³/mol. The Morgan fingerprint density at radius 1 is 1.06 bits per heavy atom. The van der Waals surface area contributed by atoms with E-state index in [-0.39, 0.29) is 25.1 Å². The molecule has 35 heavy (non-hydrogen) atoms. The van der Waals surface area contributed by atoms with E-state index in [1.165, 1.54) is 11.7 Å². The van der Waals surface area contributed by atoms with Gasteiger partial charge in [-0.25, -0.2) is 14.2 Å². The number of benzene rings is 2. The van der Waals surface area contributed by atoms with Crippen molar-refractivity contribution in [2.45, 2.75) is 40.0 Å². The van der Waals surface area contributed by atoms with Crippen LogP contribution < -0.4 is 21.4 Å². The summed E-state index contributed by atoms with van der Waals surface area (Å²) >= 11 is 12.3. The standard InChI is InChI=1S/C24H26Cl2N4O5/c1-14(2)35-20-10-9-18(11-19(20)26)27-22-28-23(32)30(12-15(3)21(31)34-4)24(33)29(22)13-16-5-7-17(25)8-6-16/h5-11,14-15H,12-13H2,1-4H3,(H,27,28,32)/t15-/m0/s1. The van der Waals surface area contributed by atoms with Gasteiger partial charge in [-0.1, -0.05) is 42.3 Å². The first-order valence-corrected chi connectivity index (χ1v) is 11.6. The lowest BCUT2D eigenvalue weighted by atomic mass is 10.2. The summed E-state index contributed by atoms with van der Waals surface area (Å²) in [5, 5.41) is 3.91. The molecule has 1 aromatic heterocycles. The van der Waals surface area contributed by atoms with Gasteiger partial charge in [0.25, 0.3) is 0 Å². The van der Waals surface area contributed by atoms with Crippen molar-refractivity contribution in [3.05, 3.63) is 79.0 Å². The molecule has 0 unspecified atom stereocenters. The van der Waals surface area contributed by atoms with E-state index in [4.69, 9.17) is 32.7 Å². The number of nitrogens with one attached hydrogen (secondary N) is 1. The molecule has 0 saturated heterocycles. The largest absolute Gasteiger partial charge is 0.489 e. The highest BCUT2D eigenvalue weighted by Gasteiger charge is 2.20. The van der Waals surface area contributed by atoms with E-state index in [9.17, 15) is 14.4 Å². The second kappa shape index (κ2) is 11.4. The Morgan fingerprint density at radius 2 is 1.74 bits per heavy atom. The first-order valence-electron chi connectivity index (χ1n) is 10.9. The first kappa shape index (κ1) is 26.3. The smallest absolute Gasteiger partial charge is 0.354 e. The monoisotopic (exact) mass is 520 g/mol. The summed E-state index contributed by atoms with van der Waals surface area (Å²) < 4.78 is 12.6. The molecule has 0 aliphatic rings. The number of methoxy groups -OCH3 is 1. The molecule has 0 aliphatic carbocycles. The minimum atomic E-state index is -0.800. The molecule has 1 heterocycles. The maximum absolute atomic E-state index is 13.4. The molecule has 3 aromatic rings. The number of aromatic nitrogens is 3. The van der Waals surface area contributed by atoms with Crippen LogP contribution >= 0.6 is 23.2 Å². The van der Waals surface area contributed by atoms with Crippen molar-refractivity contribution in [1.82, 2.24) is 14.1 Å². The number of carbonyl (C=O) groups is 1. The van der Waals surface area contributed by atoms with Crippen LogP contribution in [0, 0.1) is 5.92 Å². The topological polar surface area (TPSA) is 104 Å². The Balaban J connectivity index is 2.04. The Morgan fingerprint density at radius 3 is 2.34 bits per heavy atom. The fourth-order valence-electron chi connectivity index (χ4n) is 3.30. The van der Waals surface area contributed by atoms with Crippen molar-refractivity contribution in [1.29, 1.82) is 0 Å². The average Bonchev–Trinajstić information content (AvgIpc) is 2.81. The molecule has 2 aromatic carbocycles. The van der Waals surface area contributed by atoms with Crippen LogP contribution in [0.5, 0.6) is 5.75 Å². The van der Waals surface area contributed by atoms with E-state index in [1.54, 1.807) is 49.4 Å². The van der Waals surface area contributed by atoms with Crippen molar-refractivity contribution in [2.75, 3.05) is 12.4 Å². The zero-order valence-electron chi connectivity index (χ0n) is 19.7. The van der Waals surface area contributed by atoms with Crippen LogP contribution in [0.2, 0.25) is 10.0 Å². The Bertz CT molecular complexity index is 1320. The number of halogens is 2. The van der Waals surface area contributed by atoms with Crippen molar-refractivity contribution in [2.24, 2.45) is 5.92 Å². The highest BCUT2D eigenvalue weighted by molar-refractivity contribution is 6.32. The summed E-state index contributed by atoms with van der Waals surface area (Å²) in [5.41, 5.74) is -0.176. The number of anilines is 2. The van der Waals surface area contributed by atoms with Gasteiger partial charge in [-0.2, -0.15) is 4.98 Å². The van der Waals surface area contributed by atoms with Gasteiger partial charge in [-0.05, 0) is 49.7 Å². The lowest BCUT2D eigenvalue weighted by Gasteiger charge is -2.18. The van der Waals surface area contributed by atoms with Crippen LogP contribution in [0.25, 0.3) is 0 Å². The van der Waals surface area contributed by atoms with Crippen LogP contribution in [0.15, 0.2) is 52.1 Å². The SMILES string of the molecule is COC(=O)[C@@H](C)Cn1c(=O)nc(Nc2ccc(OC(C)C)c(Cl)c2)n(Cc2ccc(Cl)cc2)c1=O. The molecule has 0 radical (unpaired) electrons. The Kier molecular flexibility index (Phi) is 8.58. The normalized spacial score (nSPS) is 11.9. The van der Waals surface area contributed by atoms with Crippen molar-refractivity contribution in [3.63, 3.8) is 0 Å². The number of nitrogens with zero attached hydrogens (tertiary/aromatic N) is 3. The molecule has 9 nitrogen and oxygen atoms in total. The van der Waals surface area contributed by atoms with E-state index in [0.717, 1.165) is 10.1 Å². The summed E-state index contributed by atoms with van der Waals surface area (Å²) in [5.74, 6) is -0.736. The molecule has 11 heteroatoms. The van der Waals surface area contributed by atoms with Crippen molar-refractivity contribution < 1.29 is 14.3 Å². The van der Waals surface area contributed by atoms with E-state index in [1.807, 2.05) is 13.8 Å². The van der Waals surface area contributed by atoms with Crippen LogP contribution in [0.1, 0.15) is 26.3 Å². The van der Waals surface area contributed by atoms with Gasteiger partial charge < -0.3 is 14.8 Å². The maximum Gasteiger partial charge on any atom is 0.354 e. The molecular formula is C24H26Cl2N4O5. The first-order chi connectivity index (χ1) is 16.6. The third kappa shape index (κ3) is 6.64. The molecule has 3 rings (SSSR count). The average molecular weight is 521 g/mol. The molecule has 0 bridgehead atoms. The highest BCUT2D eigenvalue weighted by atomic mass is 35.5. The summed E-state index contributed by atoms with van der Waals surface area (Å²) in [4.78, 5) is 42.1. The van der Waals surface area contributed by atoms with Gasteiger partial charge in [-0.15, -0.1) is 0 Å². The minimum absolute atomic E-state index is 0.0190. The lowest BCUT2D eigenvalue weighted by molar-refractivity contribution is -0.145. The molecule has 1 atom stereocenters. The van der Waals surface area contributed by atoms with Crippen LogP contribution in [0.4, 0.5) is 11.6 Å². The van der Waals surface area contributed by atoms with Crippen molar-refractivity contribution in [3.8, 4) is 5.75 Å². The predicted octanol–water partition coefficient (Wildman–Crippen LogP) is 4.10. The Labute approximate surface area is 212 Å². The van der Waals surface area contributed by atoms with Gasteiger partial charge in [0.15, 0.2) is 0 Å². The second-order valence-electron chi connectivity index (χ2n) is 8.18. The summed E-state index contributed by atoms with van der Waals surface area (Å²) in [6.07, 6.45) is -0.0579. The van der Waals surface area contributed by atoms with E-state index >= 15 is 0 Å². The van der Waals surface area contributed by atoms with Crippen molar-refractivity contribution >= 4 is 40.8 Å². The summed E-state index contributed by atoms with van der Waals surface area (Å²) in [6, 6.07) is 11.9. The molecule has 0 spiro atoms. The molecular weight excluding hydrogens is 495 g/mol. The van der Waals surface area contributed by atoms with E-state index < -0.39 is 23.3 Å². The van der Waals surface area contributed by atoms with E-state index in [0.29, 0.717) is 21.5 Å². The van der Waals surface area contributed by atoms with E-state index in [2.05, 4.69) is 10.3 Å². The fraction of sp³-hybridized carbons (Fsp3) is 0.333. The third-order valence-corrected chi connectivity index (χ3v) is 5.56. The van der Waals surface area contributed by atoms with Gasteiger partial charge in [0.1, 0.15) is 5.75 Å². The molecule has 0 saturated carbocycles. The third-order valence-electron chi connectivity index (χ3n) is 5.01. The zero-order chi connectivity index (χ0) is 25.7. The lowest BCUT2D eigenvalue weighted by Crippen LogP contribution is -2.44. The molecule has 0 aliphatic heterocycles. The second-order valence-corrected chi connectivity index (χ2v) is 9.03. The van der Waals surface area contributed by atoms with Crippen LogP contribution in [0.3, 0.4) is 0 Å². The maximum atomic E-state index is 13.4. The van der Waals surface area contributed by atoms with Crippen LogP contribution in [-0.4, -0.2) is 33.3 Å². The minimum Gasteiger partial charge on any atom is -0.489 e. The Hall–Kier alpha value is -3.30. The van der Waals surface area contributed by atoms with Gasteiger partial charge in [0.05, 0.1) is 30.7 Å². The zero-order valence-corrected chi connectivity index (χ0v) is 21.3. The van der Waals surface area contributed by atoms with Gasteiger partial charge >= 0.3 is 17.3 Å². The highest BCUT2D eigenvalue weighted by Crippen LogP contribution is 2.29. The van der Waals surface area contributed by atoms with Gasteiger partial charge in [0.2, 0.25) is 5.95 Å². The molecule has 0 fully saturated rings. The van der Waals surface area contributed by atoms with Gasteiger partial charge in [-0.3, -0.25) is 9.36 Å². The van der Waals surface area contributed by atoms with Crippen LogP contribution in [-0.2, 0) is 22.6 Å². The number of ether oxygens (including phenoxy) is 2. The molecule has 1 N–H and O–H groups in total. The summed E-state index contributed by atoms with van der Waals surface area (Å²) in [6.45, 7) is 5.26. The molecule has 186 valence electrons. The number of rotatable bonds is 9.